The Morgan fingerprint density at radius 1 is 1.37 bits per heavy atom. The van der Waals surface area contributed by atoms with Crippen molar-refractivity contribution in [2.75, 3.05) is 11.4 Å². The van der Waals surface area contributed by atoms with Crippen LogP contribution in [0.3, 0.4) is 0 Å². The number of carbonyl (C=O) groups excluding carboxylic acids is 1. The Morgan fingerprint density at radius 2 is 2.00 bits per heavy atom. The average Bonchev–Trinajstić information content (AvgIpc) is 2.36. The van der Waals surface area contributed by atoms with E-state index in [2.05, 4.69) is 5.32 Å². The predicted molar refractivity (Wildman–Crippen MR) is 79.5 cm³/mol. The first kappa shape index (κ1) is 13.8. The Balaban J connectivity index is 2.21. The molecule has 1 aliphatic rings. The lowest BCUT2D eigenvalue weighted by Crippen LogP contribution is -2.54. The molecule has 1 atom stereocenters. The lowest BCUT2D eigenvalue weighted by atomic mass is 10.1. The minimum Gasteiger partial charge on any atom is -0.491 e. The van der Waals surface area contributed by atoms with Gasteiger partial charge in [-0.05, 0) is 50.3 Å². The molecule has 1 aromatic rings. The molecule has 2 rings (SSSR count). The first-order valence-corrected chi connectivity index (χ1v) is 6.78. The van der Waals surface area contributed by atoms with E-state index in [1.807, 2.05) is 45.0 Å². The molecule has 0 spiro atoms. The van der Waals surface area contributed by atoms with E-state index >= 15 is 0 Å². The van der Waals surface area contributed by atoms with Gasteiger partial charge in [0, 0.05) is 6.54 Å². The number of hydrogen-bond acceptors (Lipinski definition) is 3. The number of ether oxygens (including phenoxy) is 1. The van der Waals surface area contributed by atoms with Gasteiger partial charge in [-0.15, -0.1) is 0 Å². The van der Waals surface area contributed by atoms with E-state index < -0.39 is 0 Å². The Kier molecular flexibility index (Phi) is 4.04. The third-order valence-electron chi connectivity index (χ3n) is 2.87. The van der Waals surface area contributed by atoms with Gasteiger partial charge in [0.15, 0.2) is 5.11 Å². The molecule has 1 N–H and O–H groups in total. The molecule has 0 aromatic heterocycles. The summed E-state index contributed by atoms with van der Waals surface area (Å²) < 4.78 is 5.58. The van der Waals surface area contributed by atoms with E-state index in [1.165, 1.54) is 0 Å². The molecule has 1 amide bonds. The van der Waals surface area contributed by atoms with Gasteiger partial charge in [0.05, 0.1) is 17.7 Å². The second-order valence-electron chi connectivity index (χ2n) is 4.92. The molecule has 0 aliphatic carbocycles. The van der Waals surface area contributed by atoms with E-state index in [9.17, 15) is 4.79 Å². The Morgan fingerprint density at radius 3 is 2.58 bits per heavy atom. The lowest BCUT2D eigenvalue weighted by molar-refractivity contribution is -0.121. The Labute approximate surface area is 118 Å². The molecule has 1 aromatic carbocycles. The highest BCUT2D eigenvalue weighted by molar-refractivity contribution is 7.80. The minimum absolute atomic E-state index is 0.0290. The second kappa shape index (κ2) is 5.57. The molecule has 4 nitrogen and oxygen atoms in total. The summed E-state index contributed by atoms with van der Waals surface area (Å²) in [6.07, 6.45) is 0.130. The second-order valence-corrected chi connectivity index (χ2v) is 5.31. The van der Waals surface area contributed by atoms with Crippen LogP contribution in [0.1, 0.15) is 20.8 Å². The summed E-state index contributed by atoms with van der Waals surface area (Å²) in [5.74, 6) is 0.745. The molecule has 0 saturated carbocycles. The fourth-order valence-electron chi connectivity index (χ4n) is 1.92. The highest BCUT2D eigenvalue weighted by Gasteiger charge is 2.29. The van der Waals surface area contributed by atoms with Crippen molar-refractivity contribution >= 4 is 28.9 Å². The van der Waals surface area contributed by atoms with Gasteiger partial charge in [0.2, 0.25) is 5.91 Å². The number of nitrogens with zero attached hydrogens (tertiary/aromatic N) is 1. The van der Waals surface area contributed by atoms with Crippen LogP contribution in [-0.2, 0) is 4.79 Å². The van der Waals surface area contributed by atoms with Crippen LogP contribution < -0.4 is 15.0 Å². The largest absolute Gasteiger partial charge is 0.491 e. The van der Waals surface area contributed by atoms with Crippen molar-refractivity contribution in [3.63, 3.8) is 0 Å². The summed E-state index contributed by atoms with van der Waals surface area (Å²) in [6.45, 7) is 6.44. The summed E-state index contributed by atoms with van der Waals surface area (Å²) in [6, 6.07) is 7.40. The third kappa shape index (κ3) is 3.04. The van der Waals surface area contributed by atoms with Gasteiger partial charge in [0.1, 0.15) is 5.75 Å². The summed E-state index contributed by atoms with van der Waals surface area (Å²) >= 11 is 5.20. The quantitative estimate of drug-likeness (QED) is 0.862. The summed E-state index contributed by atoms with van der Waals surface area (Å²) in [4.78, 5) is 13.7. The molecule has 19 heavy (non-hydrogen) atoms. The molecule has 1 unspecified atom stereocenters. The number of carbonyl (C=O) groups is 1. The van der Waals surface area contributed by atoms with E-state index in [1.54, 1.807) is 4.90 Å². The first-order chi connectivity index (χ1) is 8.99. The normalized spacial score (nSPS) is 19.6. The van der Waals surface area contributed by atoms with Crippen molar-refractivity contribution in [3.8, 4) is 5.75 Å². The van der Waals surface area contributed by atoms with Crippen LogP contribution >= 0.6 is 12.2 Å². The first-order valence-electron chi connectivity index (χ1n) is 6.37. The predicted octanol–water partition coefficient (Wildman–Crippen LogP) is 2.33. The summed E-state index contributed by atoms with van der Waals surface area (Å²) in [5.41, 5.74) is 0.769. The maximum atomic E-state index is 12.2. The van der Waals surface area contributed by atoms with Crippen LogP contribution in [0.15, 0.2) is 24.3 Å². The van der Waals surface area contributed by atoms with E-state index in [-0.39, 0.29) is 17.9 Å². The molecular formula is C14H18N2O2S. The van der Waals surface area contributed by atoms with Gasteiger partial charge in [-0.3, -0.25) is 9.69 Å². The highest BCUT2D eigenvalue weighted by Crippen LogP contribution is 2.23. The number of amides is 1. The van der Waals surface area contributed by atoms with Crippen molar-refractivity contribution in [2.45, 2.75) is 26.9 Å². The van der Waals surface area contributed by atoms with Crippen LogP contribution in [0, 0.1) is 5.92 Å². The van der Waals surface area contributed by atoms with Crippen LogP contribution in [0.25, 0.3) is 0 Å². The Bertz CT molecular complexity index is 485. The van der Waals surface area contributed by atoms with Gasteiger partial charge in [-0.1, -0.05) is 6.92 Å². The monoisotopic (exact) mass is 278 g/mol. The van der Waals surface area contributed by atoms with Crippen LogP contribution in [0.5, 0.6) is 5.75 Å². The van der Waals surface area contributed by atoms with E-state index in [4.69, 9.17) is 17.0 Å². The number of hydrogen-bond donors (Lipinski definition) is 1. The number of anilines is 1. The SMILES string of the molecule is CC(C)Oc1ccc(N2C(=O)C(C)CNC2=S)cc1. The highest BCUT2D eigenvalue weighted by atomic mass is 32.1. The number of benzene rings is 1. The number of rotatable bonds is 3. The van der Waals surface area contributed by atoms with E-state index in [0.29, 0.717) is 11.7 Å². The standard InChI is InChI=1S/C14H18N2O2S/c1-9(2)18-12-6-4-11(5-7-12)16-13(17)10(3)8-15-14(16)19/h4-7,9-10H,8H2,1-3H3,(H,15,19). The van der Waals surface area contributed by atoms with Gasteiger partial charge >= 0.3 is 0 Å². The minimum atomic E-state index is -0.0710. The summed E-state index contributed by atoms with van der Waals surface area (Å²) in [7, 11) is 0. The summed E-state index contributed by atoms with van der Waals surface area (Å²) in [5, 5.41) is 3.52. The smallest absolute Gasteiger partial charge is 0.237 e. The van der Waals surface area contributed by atoms with Crippen LogP contribution in [-0.4, -0.2) is 23.7 Å². The Hall–Kier alpha value is -1.62. The van der Waals surface area contributed by atoms with Gasteiger partial charge < -0.3 is 10.1 Å². The molecule has 1 fully saturated rings. The molecule has 1 saturated heterocycles. The van der Waals surface area contributed by atoms with Crippen molar-refractivity contribution in [1.82, 2.24) is 5.32 Å². The zero-order valence-corrected chi connectivity index (χ0v) is 12.2. The van der Waals surface area contributed by atoms with Crippen LogP contribution in [0.2, 0.25) is 0 Å². The fourth-order valence-corrected chi connectivity index (χ4v) is 2.20. The molecule has 102 valence electrons. The molecule has 1 heterocycles. The van der Waals surface area contributed by atoms with E-state index in [0.717, 1.165) is 11.4 Å². The van der Waals surface area contributed by atoms with Crippen LogP contribution in [0.4, 0.5) is 5.69 Å². The topological polar surface area (TPSA) is 41.6 Å². The van der Waals surface area contributed by atoms with Crippen molar-refractivity contribution < 1.29 is 9.53 Å². The third-order valence-corrected chi connectivity index (χ3v) is 3.20. The van der Waals surface area contributed by atoms with Gasteiger partial charge in [-0.25, -0.2) is 0 Å². The van der Waals surface area contributed by atoms with Crippen molar-refractivity contribution in [3.05, 3.63) is 24.3 Å². The van der Waals surface area contributed by atoms with Gasteiger partial charge in [0.25, 0.3) is 0 Å². The maximum absolute atomic E-state index is 12.2. The molecule has 5 heteroatoms. The number of thiocarbonyl (C=S) groups is 1. The molecule has 1 aliphatic heterocycles. The zero-order valence-electron chi connectivity index (χ0n) is 11.3. The average molecular weight is 278 g/mol. The van der Waals surface area contributed by atoms with Gasteiger partial charge in [-0.2, -0.15) is 0 Å². The molecule has 0 bridgehead atoms. The van der Waals surface area contributed by atoms with Crippen molar-refractivity contribution in [2.24, 2.45) is 5.92 Å². The van der Waals surface area contributed by atoms with Crippen molar-refractivity contribution in [1.29, 1.82) is 0 Å². The fraction of sp³-hybridized carbons (Fsp3) is 0.429. The number of nitrogens with one attached hydrogen (secondary N) is 1. The zero-order chi connectivity index (χ0) is 14.0. The molecular weight excluding hydrogens is 260 g/mol. The maximum Gasteiger partial charge on any atom is 0.237 e. The lowest BCUT2D eigenvalue weighted by Gasteiger charge is -2.32. The molecule has 0 radical (unpaired) electrons.